The molecule has 2 heteroatoms. The molecule has 4 fully saturated rings. The van der Waals surface area contributed by atoms with Crippen LogP contribution in [0.4, 0.5) is 0 Å². The normalized spacial score (nSPS) is 55.9. The first-order valence-corrected chi connectivity index (χ1v) is 10.1. The lowest BCUT2D eigenvalue weighted by molar-refractivity contribution is -0.166. The minimum atomic E-state index is -0.461. The number of carbonyl (C=O) groups is 1. The van der Waals surface area contributed by atoms with Crippen LogP contribution in [-0.4, -0.2) is 16.5 Å². The van der Waals surface area contributed by atoms with Crippen LogP contribution in [0.25, 0.3) is 0 Å². The Morgan fingerprint density at radius 1 is 1.04 bits per heavy atom. The molecule has 0 aromatic carbocycles. The van der Waals surface area contributed by atoms with Crippen LogP contribution in [0.1, 0.15) is 85.0 Å². The van der Waals surface area contributed by atoms with Crippen LogP contribution < -0.4 is 0 Å². The summed E-state index contributed by atoms with van der Waals surface area (Å²) in [7, 11) is 0. The second kappa shape index (κ2) is 5.07. The molecular formula is C21H34O2. The largest absolute Gasteiger partial charge is 0.389 e. The first-order chi connectivity index (χ1) is 10.9. The molecule has 130 valence electrons. The van der Waals surface area contributed by atoms with Crippen molar-refractivity contribution in [3.05, 3.63) is 0 Å². The highest BCUT2D eigenvalue weighted by molar-refractivity contribution is 5.86. The lowest BCUT2D eigenvalue weighted by atomic mass is 9.44. The van der Waals surface area contributed by atoms with Gasteiger partial charge in [0.15, 0.2) is 0 Å². The van der Waals surface area contributed by atoms with Crippen molar-refractivity contribution in [2.24, 2.45) is 34.5 Å². The Labute approximate surface area is 141 Å². The Hall–Kier alpha value is -0.370. The zero-order chi connectivity index (χ0) is 16.5. The summed E-state index contributed by atoms with van der Waals surface area (Å²) < 4.78 is 0. The van der Waals surface area contributed by atoms with Gasteiger partial charge in [-0.25, -0.2) is 0 Å². The van der Waals surface area contributed by atoms with Gasteiger partial charge in [-0.1, -0.05) is 20.8 Å². The molecule has 0 aliphatic heterocycles. The molecule has 0 saturated heterocycles. The minimum Gasteiger partial charge on any atom is -0.389 e. The van der Waals surface area contributed by atoms with Crippen LogP contribution >= 0.6 is 0 Å². The monoisotopic (exact) mass is 318 g/mol. The zero-order valence-corrected chi connectivity index (χ0v) is 15.2. The summed E-state index contributed by atoms with van der Waals surface area (Å²) >= 11 is 0. The van der Waals surface area contributed by atoms with Crippen molar-refractivity contribution < 1.29 is 9.90 Å². The number of ketones is 1. The lowest BCUT2D eigenvalue weighted by Crippen LogP contribution is -2.58. The fourth-order valence-corrected chi connectivity index (χ4v) is 7.78. The van der Waals surface area contributed by atoms with Gasteiger partial charge in [0.05, 0.1) is 5.60 Å². The van der Waals surface area contributed by atoms with Crippen LogP contribution in [-0.2, 0) is 4.79 Å². The fourth-order valence-electron chi connectivity index (χ4n) is 7.78. The molecule has 1 N–H and O–H groups in total. The highest BCUT2D eigenvalue weighted by atomic mass is 16.3. The molecular weight excluding hydrogens is 284 g/mol. The summed E-state index contributed by atoms with van der Waals surface area (Å²) in [6.07, 6.45) is 11.1. The Morgan fingerprint density at radius 3 is 2.52 bits per heavy atom. The second-order valence-electron chi connectivity index (χ2n) is 9.63. The molecule has 4 rings (SSSR count). The molecule has 0 radical (unpaired) electrons. The van der Waals surface area contributed by atoms with Crippen molar-refractivity contribution in [2.45, 2.75) is 90.6 Å². The summed E-state index contributed by atoms with van der Waals surface area (Å²) in [5, 5.41) is 11.2. The molecule has 7 atom stereocenters. The van der Waals surface area contributed by atoms with Gasteiger partial charge in [-0.15, -0.1) is 0 Å². The third kappa shape index (κ3) is 1.88. The molecule has 0 spiro atoms. The van der Waals surface area contributed by atoms with Gasteiger partial charge in [0.1, 0.15) is 5.78 Å². The van der Waals surface area contributed by atoms with Gasteiger partial charge in [-0.2, -0.15) is 0 Å². The maximum atomic E-state index is 12.9. The molecule has 0 aromatic rings. The zero-order valence-electron chi connectivity index (χ0n) is 15.2. The maximum absolute atomic E-state index is 12.9. The molecule has 4 aliphatic rings. The highest BCUT2D eigenvalue weighted by Crippen LogP contribution is 2.68. The summed E-state index contributed by atoms with van der Waals surface area (Å²) in [4.78, 5) is 12.9. The Bertz CT molecular complexity index is 514. The molecule has 0 heterocycles. The van der Waals surface area contributed by atoms with Crippen molar-refractivity contribution in [2.75, 3.05) is 0 Å². The predicted molar refractivity (Wildman–Crippen MR) is 92.0 cm³/mol. The Kier molecular flexibility index (Phi) is 3.55. The number of hydrogen-bond donors (Lipinski definition) is 1. The van der Waals surface area contributed by atoms with Gasteiger partial charge >= 0.3 is 0 Å². The van der Waals surface area contributed by atoms with E-state index in [1.807, 2.05) is 0 Å². The number of carbonyl (C=O) groups excluding carboxylic acids is 1. The van der Waals surface area contributed by atoms with Gasteiger partial charge < -0.3 is 5.11 Å². The average molecular weight is 319 g/mol. The van der Waals surface area contributed by atoms with E-state index in [9.17, 15) is 9.90 Å². The summed E-state index contributed by atoms with van der Waals surface area (Å²) in [5.41, 5.74) is -0.420. The van der Waals surface area contributed by atoms with Crippen molar-refractivity contribution >= 4 is 5.78 Å². The third-order valence-electron chi connectivity index (χ3n) is 9.37. The van der Waals surface area contributed by atoms with E-state index in [0.29, 0.717) is 29.5 Å². The predicted octanol–water partition coefficient (Wildman–Crippen LogP) is 4.74. The van der Waals surface area contributed by atoms with Crippen molar-refractivity contribution in [3.8, 4) is 0 Å². The van der Waals surface area contributed by atoms with Gasteiger partial charge in [0, 0.05) is 11.8 Å². The molecule has 4 saturated carbocycles. The van der Waals surface area contributed by atoms with E-state index in [4.69, 9.17) is 0 Å². The maximum Gasteiger partial charge on any atom is 0.139 e. The molecule has 1 unspecified atom stereocenters. The smallest absolute Gasteiger partial charge is 0.139 e. The first kappa shape index (κ1) is 16.1. The quantitative estimate of drug-likeness (QED) is 0.758. The van der Waals surface area contributed by atoms with E-state index in [2.05, 4.69) is 20.8 Å². The second-order valence-corrected chi connectivity index (χ2v) is 9.63. The van der Waals surface area contributed by atoms with Crippen LogP contribution in [0.2, 0.25) is 0 Å². The van der Waals surface area contributed by atoms with Gasteiger partial charge in [-0.05, 0) is 86.9 Å². The molecule has 4 aliphatic carbocycles. The Morgan fingerprint density at radius 2 is 1.78 bits per heavy atom. The average Bonchev–Trinajstić information content (AvgIpc) is 2.81. The van der Waals surface area contributed by atoms with Gasteiger partial charge in [-0.3, -0.25) is 4.79 Å². The molecule has 2 nitrogen and oxygen atoms in total. The summed E-state index contributed by atoms with van der Waals surface area (Å²) in [6, 6.07) is 0. The number of hydrogen-bond acceptors (Lipinski definition) is 2. The van der Waals surface area contributed by atoms with Crippen molar-refractivity contribution in [1.82, 2.24) is 0 Å². The first-order valence-electron chi connectivity index (χ1n) is 10.1. The molecule has 0 amide bonds. The fraction of sp³-hybridized carbons (Fsp3) is 0.952. The summed E-state index contributed by atoms with van der Waals surface area (Å²) in [5.74, 6) is 3.11. The van der Waals surface area contributed by atoms with E-state index in [1.165, 1.54) is 32.1 Å². The van der Waals surface area contributed by atoms with Crippen molar-refractivity contribution in [3.63, 3.8) is 0 Å². The summed E-state index contributed by atoms with van der Waals surface area (Å²) in [6.45, 7) is 6.84. The SMILES string of the molecule is CC[C@@]1(O)CC[C@H]2[C@@H]3CCC4CCCC(=O)[C@]4(C)[C@H]3CC[C@@]21C. The van der Waals surface area contributed by atoms with Crippen LogP contribution in [0.3, 0.4) is 0 Å². The van der Waals surface area contributed by atoms with Gasteiger partial charge in [0.25, 0.3) is 0 Å². The standard InChI is InChI=1S/C21H34O2/c1-4-21(23)13-11-16-15-9-8-14-6-5-7-18(22)20(14,3)17(15)10-12-19(16,21)2/h14-17,23H,4-13H2,1-3H3/t14?,15-,16-,17-,19-,20-,21+/m0/s1. The number of fused-ring (bicyclic) bond motifs is 5. The van der Waals surface area contributed by atoms with E-state index in [0.717, 1.165) is 32.1 Å². The highest BCUT2D eigenvalue weighted by Gasteiger charge is 2.64. The number of aliphatic hydroxyl groups is 1. The molecule has 0 bridgehead atoms. The van der Waals surface area contributed by atoms with E-state index >= 15 is 0 Å². The van der Waals surface area contributed by atoms with E-state index in [1.54, 1.807) is 0 Å². The Balaban J connectivity index is 1.69. The van der Waals surface area contributed by atoms with Crippen molar-refractivity contribution in [1.29, 1.82) is 0 Å². The van der Waals surface area contributed by atoms with Crippen LogP contribution in [0.15, 0.2) is 0 Å². The topological polar surface area (TPSA) is 37.3 Å². The molecule has 23 heavy (non-hydrogen) atoms. The van der Waals surface area contributed by atoms with Crippen LogP contribution in [0.5, 0.6) is 0 Å². The molecule has 0 aromatic heterocycles. The van der Waals surface area contributed by atoms with E-state index in [-0.39, 0.29) is 10.8 Å². The van der Waals surface area contributed by atoms with Gasteiger partial charge in [0.2, 0.25) is 0 Å². The third-order valence-corrected chi connectivity index (χ3v) is 9.37. The number of rotatable bonds is 1. The van der Waals surface area contributed by atoms with E-state index < -0.39 is 5.60 Å². The number of Topliss-reactive ketones (excluding diaryl/α,β-unsaturated/α-hetero) is 1. The lowest BCUT2D eigenvalue weighted by Gasteiger charge is -2.60. The minimum absolute atomic E-state index is 0.0462. The van der Waals surface area contributed by atoms with Crippen LogP contribution in [0, 0.1) is 34.5 Å².